The number of unbranched alkanes of at least 4 members (excludes halogenated alkanes) is 5. The Morgan fingerprint density at radius 1 is 1.22 bits per heavy atom. The molecule has 6 nitrogen and oxygen atoms in total. The number of hydrogen-bond acceptors (Lipinski definition) is 4. The van der Waals surface area contributed by atoms with Crippen molar-refractivity contribution >= 4 is 11.6 Å². The van der Waals surface area contributed by atoms with E-state index in [9.17, 15) is 9.59 Å². The molecule has 2 rings (SSSR count). The number of carbonyl (C=O) groups is 1. The van der Waals surface area contributed by atoms with Crippen LogP contribution in [0.5, 0.6) is 0 Å². The normalized spacial score (nSPS) is 10.7. The van der Waals surface area contributed by atoms with Gasteiger partial charge in [-0.1, -0.05) is 56.3 Å². The fourth-order valence-corrected chi connectivity index (χ4v) is 2.39. The molecule has 0 bridgehead atoms. The zero-order valence-corrected chi connectivity index (χ0v) is 13.4. The molecule has 1 heterocycles. The van der Waals surface area contributed by atoms with Crippen LogP contribution in [0.25, 0.3) is 11.4 Å². The summed E-state index contributed by atoms with van der Waals surface area (Å²) in [6, 6.07) is 7.15. The highest BCUT2D eigenvalue weighted by molar-refractivity contribution is 5.91. The average Bonchev–Trinajstić information content (AvgIpc) is 2.97. The largest absolute Gasteiger partial charge is 0.439 e. The summed E-state index contributed by atoms with van der Waals surface area (Å²) in [4.78, 5) is 25.4. The van der Waals surface area contributed by atoms with Gasteiger partial charge in [0.2, 0.25) is 5.91 Å². The average molecular weight is 317 g/mol. The quantitative estimate of drug-likeness (QED) is 0.690. The molecule has 23 heavy (non-hydrogen) atoms. The summed E-state index contributed by atoms with van der Waals surface area (Å²) in [6.07, 6.45) is 7.46. The summed E-state index contributed by atoms with van der Waals surface area (Å²) >= 11 is 0. The first-order valence-electron chi connectivity index (χ1n) is 8.15. The number of rotatable bonds is 9. The van der Waals surface area contributed by atoms with E-state index in [0.29, 0.717) is 23.5 Å². The molecular weight excluding hydrogens is 294 g/mol. The van der Waals surface area contributed by atoms with E-state index in [1.54, 1.807) is 24.3 Å². The van der Waals surface area contributed by atoms with E-state index >= 15 is 0 Å². The van der Waals surface area contributed by atoms with E-state index < -0.39 is 5.76 Å². The number of nitrogens with one attached hydrogen (secondary N) is 2. The molecule has 0 fully saturated rings. The second kappa shape index (κ2) is 8.92. The van der Waals surface area contributed by atoms with Gasteiger partial charge in [-0.05, 0) is 18.6 Å². The highest BCUT2D eigenvalue weighted by Crippen LogP contribution is 2.18. The lowest BCUT2D eigenvalue weighted by atomic mass is 10.1. The molecule has 0 atom stereocenters. The topological polar surface area (TPSA) is 88.0 Å². The van der Waals surface area contributed by atoms with Gasteiger partial charge in [-0.3, -0.25) is 14.3 Å². The molecule has 2 N–H and O–H groups in total. The molecule has 0 spiro atoms. The Kier molecular flexibility index (Phi) is 6.59. The number of amides is 1. The highest BCUT2D eigenvalue weighted by atomic mass is 16.5. The Bertz CT molecular complexity index is 675. The van der Waals surface area contributed by atoms with Gasteiger partial charge in [0, 0.05) is 17.7 Å². The smallest absolute Gasteiger partial charge is 0.326 e. The molecule has 1 amide bonds. The van der Waals surface area contributed by atoms with Gasteiger partial charge >= 0.3 is 5.76 Å². The minimum Gasteiger partial charge on any atom is -0.326 e. The van der Waals surface area contributed by atoms with E-state index in [1.165, 1.54) is 25.7 Å². The highest BCUT2D eigenvalue weighted by Gasteiger charge is 2.07. The van der Waals surface area contributed by atoms with E-state index in [1.807, 2.05) is 0 Å². The van der Waals surface area contributed by atoms with Crippen LogP contribution >= 0.6 is 0 Å². The molecular formula is C17H23N3O3. The molecule has 6 heteroatoms. The fourth-order valence-electron chi connectivity index (χ4n) is 2.39. The summed E-state index contributed by atoms with van der Waals surface area (Å²) < 4.78 is 4.48. The van der Waals surface area contributed by atoms with Crippen LogP contribution in [0.3, 0.4) is 0 Å². The number of aromatic nitrogens is 2. The molecule has 0 aliphatic rings. The van der Waals surface area contributed by atoms with Crippen LogP contribution in [-0.2, 0) is 4.79 Å². The number of H-pyrrole nitrogens is 1. The van der Waals surface area contributed by atoms with Crippen molar-refractivity contribution in [2.24, 2.45) is 0 Å². The lowest BCUT2D eigenvalue weighted by Gasteiger charge is -2.06. The summed E-state index contributed by atoms with van der Waals surface area (Å²) in [7, 11) is 0. The maximum absolute atomic E-state index is 12.0. The van der Waals surface area contributed by atoms with Crippen LogP contribution in [0, 0.1) is 0 Å². The third kappa shape index (κ3) is 5.73. The summed E-state index contributed by atoms with van der Waals surface area (Å²) in [5, 5.41) is 6.51. The molecule has 0 aliphatic heterocycles. The van der Waals surface area contributed by atoms with Gasteiger partial charge in [0.15, 0.2) is 5.82 Å². The van der Waals surface area contributed by atoms with Gasteiger partial charge in [-0.2, -0.15) is 0 Å². The molecule has 2 aromatic rings. The first-order valence-corrected chi connectivity index (χ1v) is 8.15. The fraction of sp³-hybridized carbons (Fsp3) is 0.471. The zero-order chi connectivity index (χ0) is 16.5. The Balaban J connectivity index is 1.81. The van der Waals surface area contributed by atoms with Gasteiger partial charge in [-0.15, -0.1) is 0 Å². The van der Waals surface area contributed by atoms with Crippen molar-refractivity contribution in [2.75, 3.05) is 5.32 Å². The molecule has 124 valence electrons. The van der Waals surface area contributed by atoms with Crippen molar-refractivity contribution in [3.8, 4) is 11.4 Å². The second-order valence-corrected chi connectivity index (χ2v) is 5.59. The second-order valence-electron chi connectivity index (χ2n) is 5.59. The van der Waals surface area contributed by atoms with Crippen molar-refractivity contribution < 1.29 is 9.32 Å². The Hall–Kier alpha value is -2.37. The molecule has 0 saturated carbocycles. The third-order valence-corrected chi connectivity index (χ3v) is 3.62. The lowest BCUT2D eigenvalue weighted by molar-refractivity contribution is -0.116. The molecule has 0 unspecified atom stereocenters. The predicted molar refractivity (Wildman–Crippen MR) is 89.2 cm³/mol. The summed E-state index contributed by atoms with van der Waals surface area (Å²) in [6.45, 7) is 2.19. The Labute approximate surface area is 135 Å². The number of hydrogen-bond donors (Lipinski definition) is 2. The van der Waals surface area contributed by atoms with Gasteiger partial charge in [-0.25, -0.2) is 4.79 Å². The van der Waals surface area contributed by atoms with Gasteiger partial charge < -0.3 is 5.32 Å². The van der Waals surface area contributed by atoms with Crippen LogP contribution in [0.15, 0.2) is 33.6 Å². The van der Waals surface area contributed by atoms with E-state index in [-0.39, 0.29) is 5.91 Å². The van der Waals surface area contributed by atoms with Crippen LogP contribution in [0.1, 0.15) is 51.9 Å². The van der Waals surface area contributed by atoms with Gasteiger partial charge in [0.1, 0.15) is 0 Å². The summed E-state index contributed by atoms with van der Waals surface area (Å²) in [5.41, 5.74) is 1.37. The van der Waals surface area contributed by atoms with Crippen molar-refractivity contribution in [1.29, 1.82) is 0 Å². The third-order valence-electron chi connectivity index (χ3n) is 3.62. The maximum Gasteiger partial charge on any atom is 0.439 e. The molecule has 0 saturated heterocycles. The predicted octanol–water partition coefficient (Wildman–Crippen LogP) is 3.72. The molecule has 0 radical (unpaired) electrons. The maximum atomic E-state index is 12.0. The Morgan fingerprint density at radius 2 is 2.00 bits per heavy atom. The monoisotopic (exact) mass is 317 g/mol. The number of nitrogens with zero attached hydrogens (tertiary/aromatic N) is 1. The minimum atomic E-state index is -0.600. The van der Waals surface area contributed by atoms with Crippen LogP contribution in [0.2, 0.25) is 0 Å². The number of carbonyl (C=O) groups excluding carboxylic acids is 1. The minimum absolute atomic E-state index is 0.00582. The zero-order valence-electron chi connectivity index (χ0n) is 13.4. The Morgan fingerprint density at radius 3 is 2.74 bits per heavy atom. The molecule has 1 aromatic carbocycles. The van der Waals surface area contributed by atoms with Crippen molar-refractivity contribution in [3.05, 3.63) is 34.8 Å². The van der Waals surface area contributed by atoms with Crippen LogP contribution in [0.4, 0.5) is 5.69 Å². The van der Waals surface area contributed by atoms with E-state index in [0.717, 1.165) is 12.8 Å². The number of anilines is 1. The van der Waals surface area contributed by atoms with Crippen molar-refractivity contribution in [3.63, 3.8) is 0 Å². The van der Waals surface area contributed by atoms with Crippen LogP contribution < -0.4 is 11.1 Å². The van der Waals surface area contributed by atoms with Crippen molar-refractivity contribution in [1.82, 2.24) is 10.1 Å². The summed E-state index contributed by atoms with van der Waals surface area (Å²) in [5.74, 6) is -0.245. The van der Waals surface area contributed by atoms with Gasteiger partial charge in [0.25, 0.3) is 0 Å². The van der Waals surface area contributed by atoms with E-state index in [4.69, 9.17) is 0 Å². The standard InChI is InChI=1S/C17H23N3O3/c1-2-3-4-5-6-7-11-15(21)18-14-10-8-9-13(12-14)16-19-17(22)23-20-16/h8-10,12H,2-7,11H2,1H3,(H,18,21)(H,19,20,22). The lowest BCUT2D eigenvalue weighted by Crippen LogP contribution is -2.11. The molecule has 0 aliphatic carbocycles. The van der Waals surface area contributed by atoms with E-state index in [2.05, 4.69) is 26.9 Å². The van der Waals surface area contributed by atoms with Crippen LogP contribution in [-0.4, -0.2) is 16.0 Å². The van der Waals surface area contributed by atoms with Crippen molar-refractivity contribution in [2.45, 2.75) is 51.9 Å². The first-order chi connectivity index (χ1) is 11.2. The number of aromatic amines is 1. The SMILES string of the molecule is CCCCCCCCC(=O)Nc1cccc(-c2noc(=O)[nH]2)c1. The molecule has 1 aromatic heterocycles. The first kappa shape index (κ1) is 17.0. The number of benzene rings is 1. The van der Waals surface area contributed by atoms with Gasteiger partial charge in [0.05, 0.1) is 0 Å².